The number of rotatable bonds is 4. The van der Waals surface area contributed by atoms with Crippen molar-refractivity contribution in [2.75, 3.05) is 12.4 Å². The third-order valence-corrected chi connectivity index (χ3v) is 3.48. The highest BCUT2D eigenvalue weighted by atomic mass is 16.7. The van der Waals surface area contributed by atoms with E-state index in [0.717, 1.165) is 19.4 Å². The number of anilines is 1. The van der Waals surface area contributed by atoms with Crippen molar-refractivity contribution < 1.29 is 33.5 Å². The molecule has 1 aliphatic heterocycles. The zero-order chi connectivity index (χ0) is 19.6. The van der Waals surface area contributed by atoms with Crippen LogP contribution in [0.3, 0.4) is 0 Å². The van der Waals surface area contributed by atoms with E-state index < -0.39 is 34.2 Å². The molecule has 26 heavy (non-hydrogen) atoms. The van der Waals surface area contributed by atoms with Gasteiger partial charge in [-0.05, 0) is 13.0 Å². The SMILES string of the molecule is COC(=O)c1cc(NC=C2C(=O)OC(C)(C)OC2=O)cc([N+](=O)[O-])c1C. The number of hydrogen-bond donors (Lipinski definition) is 1. The predicted molar refractivity (Wildman–Crippen MR) is 87.1 cm³/mol. The number of nitro benzene ring substituents is 1. The van der Waals surface area contributed by atoms with Gasteiger partial charge < -0.3 is 19.5 Å². The van der Waals surface area contributed by atoms with Gasteiger partial charge in [0.15, 0.2) is 5.57 Å². The van der Waals surface area contributed by atoms with Crippen LogP contribution in [0.2, 0.25) is 0 Å². The lowest BCUT2D eigenvalue weighted by atomic mass is 10.1. The van der Waals surface area contributed by atoms with Crippen molar-refractivity contribution in [3.63, 3.8) is 0 Å². The van der Waals surface area contributed by atoms with Crippen LogP contribution in [0.4, 0.5) is 11.4 Å². The van der Waals surface area contributed by atoms with E-state index in [9.17, 15) is 24.5 Å². The molecular formula is C16H16N2O8. The van der Waals surface area contributed by atoms with Gasteiger partial charge in [-0.25, -0.2) is 14.4 Å². The molecule has 0 saturated carbocycles. The third kappa shape index (κ3) is 3.79. The van der Waals surface area contributed by atoms with Crippen molar-refractivity contribution in [3.8, 4) is 0 Å². The van der Waals surface area contributed by atoms with Gasteiger partial charge >= 0.3 is 17.9 Å². The van der Waals surface area contributed by atoms with Crippen molar-refractivity contribution in [2.45, 2.75) is 26.6 Å². The van der Waals surface area contributed by atoms with Crippen molar-refractivity contribution in [1.82, 2.24) is 0 Å². The van der Waals surface area contributed by atoms with Crippen molar-refractivity contribution in [2.24, 2.45) is 0 Å². The van der Waals surface area contributed by atoms with Crippen LogP contribution in [0.15, 0.2) is 23.9 Å². The lowest BCUT2D eigenvalue weighted by Gasteiger charge is -2.29. The molecule has 1 saturated heterocycles. The van der Waals surface area contributed by atoms with Crippen molar-refractivity contribution in [3.05, 3.63) is 45.1 Å². The highest BCUT2D eigenvalue weighted by Gasteiger charge is 2.39. The second-order valence-electron chi connectivity index (χ2n) is 5.80. The Balaban J connectivity index is 2.39. The summed E-state index contributed by atoms with van der Waals surface area (Å²) >= 11 is 0. The molecule has 10 heteroatoms. The van der Waals surface area contributed by atoms with Crippen molar-refractivity contribution in [1.29, 1.82) is 0 Å². The number of carbonyl (C=O) groups excluding carboxylic acids is 3. The summed E-state index contributed by atoms with van der Waals surface area (Å²) in [4.78, 5) is 46.1. The number of nitro groups is 1. The Kier molecular flexibility index (Phi) is 4.96. The molecule has 0 spiro atoms. The first kappa shape index (κ1) is 18.9. The Morgan fingerprint density at radius 1 is 1.27 bits per heavy atom. The number of nitrogens with one attached hydrogen (secondary N) is 1. The fourth-order valence-electron chi connectivity index (χ4n) is 2.23. The van der Waals surface area contributed by atoms with Gasteiger partial charge in [0, 0.05) is 37.4 Å². The summed E-state index contributed by atoms with van der Waals surface area (Å²) < 4.78 is 14.5. The Hall–Kier alpha value is -3.43. The van der Waals surface area contributed by atoms with E-state index in [4.69, 9.17) is 9.47 Å². The first-order chi connectivity index (χ1) is 12.1. The minimum atomic E-state index is -1.38. The van der Waals surface area contributed by atoms with Gasteiger partial charge in [0.25, 0.3) is 11.5 Å². The molecule has 0 bridgehead atoms. The molecule has 0 amide bonds. The normalized spacial score (nSPS) is 15.6. The van der Waals surface area contributed by atoms with Gasteiger partial charge in [-0.1, -0.05) is 0 Å². The maximum absolute atomic E-state index is 11.9. The predicted octanol–water partition coefficient (Wildman–Crippen LogP) is 1.82. The summed E-state index contributed by atoms with van der Waals surface area (Å²) in [5.41, 5.74) is -0.563. The molecule has 1 aromatic carbocycles. The molecule has 2 rings (SSSR count). The molecule has 1 N–H and O–H groups in total. The fraction of sp³-hybridized carbons (Fsp3) is 0.312. The van der Waals surface area contributed by atoms with E-state index in [-0.39, 0.29) is 22.5 Å². The number of carbonyl (C=O) groups is 3. The van der Waals surface area contributed by atoms with E-state index in [0.29, 0.717) is 0 Å². The van der Waals surface area contributed by atoms with Crippen LogP contribution in [0.1, 0.15) is 29.8 Å². The zero-order valence-corrected chi connectivity index (χ0v) is 14.4. The summed E-state index contributed by atoms with van der Waals surface area (Å²) in [7, 11) is 1.14. The largest absolute Gasteiger partial charge is 0.465 e. The van der Waals surface area contributed by atoms with E-state index in [2.05, 4.69) is 10.1 Å². The molecule has 1 aromatic rings. The van der Waals surface area contributed by atoms with Gasteiger partial charge in [-0.15, -0.1) is 0 Å². The lowest BCUT2D eigenvalue weighted by molar-refractivity contribution is -0.385. The number of hydrogen-bond acceptors (Lipinski definition) is 9. The van der Waals surface area contributed by atoms with E-state index >= 15 is 0 Å². The van der Waals surface area contributed by atoms with Gasteiger partial charge in [-0.3, -0.25) is 10.1 Å². The molecule has 1 aliphatic rings. The molecule has 0 radical (unpaired) electrons. The summed E-state index contributed by atoms with van der Waals surface area (Å²) in [6.45, 7) is 4.21. The first-order valence-corrected chi connectivity index (χ1v) is 7.36. The maximum atomic E-state index is 11.9. The molecule has 1 fully saturated rings. The van der Waals surface area contributed by atoms with Gasteiger partial charge in [0.05, 0.1) is 17.6 Å². The first-order valence-electron chi connectivity index (χ1n) is 7.36. The highest BCUT2D eigenvalue weighted by Crippen LogP contribution is 2.28. The van der Waals surface area contributed by atoms with Crippen LogP contribution < -0.4 is 5.32 Å². The van der Waals surface area contributed by atoms with E-state index in [1.54, 1.807) is 0 Å². The summed E-state index contributed by atoms with van der Waals surface area (Å²) in [5, 5.41) is 13.7. The van der Waals surface area contributed by atoms with Gasteiger partial charge in [0.2, 0.25) is 0 Å². The average molecular weight is 364 g/mol. The molecule has 10 nitrogen and oxygen atoms in total. The quantitative estimate of drug-likeness (QED) is 0.279. The number of cyclic esters (lactones) is 2. The maximum Gasteiger partial charge on any atom is 0.350 e. The average Bonchev–Trinajstić information content (AvgIpc) is 2.53. The minimum Gasteiger partial charge on any atom is -0.465 e. The van der Waals surface area contributed by atoms with Crippen LogP contribution in [0, 0.1) is 17.0 Å². The molecule has 0 unspecified atom stereocenters. The zero-order valence-electron chi connectivity index (χ0n) is 14.4. The number of ether oxygens (including phenoxy) is 3. The Bertz CT molecular complexity index is 819. The molecule has 1 heterocycles. The topological polar surface area (TPSA) is 134 Å². The van der Waals surface area contributed by atoms with Crippen LogP contribution in [0.5, 0.6) is 0 Å². The fourth-order valence-corrected chi connectivity index (χ4v) is 2.23. The smallest absolute Gasteiger partial charge is 0.350 e. The molecule has 138 valence electrons. The van der Waals surface area contributed by atoms with E-state index in [1.165, 1.54) is 26.8 Å². The number of methoxy groups -OCH3 is 1. The monoisotopic (exact) mass is 364 g/mol. The van der Waals surface area contributed by atoms with Crippen LogP contribution in [0.25, 0.3) is 0 Å². The van der Waals surface area contributed by atoms with Gasteiger partial charge in [-0.2, -0.15) is 0 Å². The molecule has 0 atom stereocenters. The third-order valence-electron chi connectivity index (χ3n) is 3.48. The Labute approximate surface area is 147 Å². The van der Waals surface area contributed by atoms with Crippen LogP contribution in [-0.2, 0) is 23.8 Å². The van der Waals surface area contributed by atoms with Gasteiger partial charge in [0.1, 0.15) is 0 Å². The van der Waals surface area contributed by atoms with Crippen LogP contribution >= 0.6 is 0 Å². The highest BCUT2D eigenvalue weighted by molar-refractivity contribution is 6.15. The second kappa shape index (κ2) is 6.82. The molecule has 0 aromatic heterocycles. The Morgan fingerprint density at radius 3 is 2.35 bits per heavy atom. The number of esters is 3. The second-order valence-corrected chi connectivity index (χ2v) is 5.80. The van der Waals surface area contributed by atoms with Crippen LogP contribution in [-0.4, -0.2) is 35.7 Å². The Morgan fingerprint density at radius 2 is 1.85 bits per heavy atom. The van der Waals surface area contributed by atoms with E-state index in [1.807, 2.05) is 0 Å². The lowest BCUT2D eigenvalue weighted by Crippen LogP contribution is -2.42. The minimum absolute atomic E-state index is 0.0301. The number of benzene rings is 1. The standard InChI is InChI=1S/C16H16N2O8/c1-8-10(13(19)24-4)5-9(6-12(8)18(22)23)17-7-11-14(20)25-16(2,3)26-15(11)21/h5-7,17H,1-4H3. The molecule has 0 aliphatic carbocycles. The summed E-state index contributed by atoms with van der Waals surface area (Å²) in [5.74, 6) is -3.96. The molecular weight excluding hydrogens is 348 g/mol. The number of nitrogens with zero attached hydrogens (tertiary/aromatic N) is 1. The van der Waals surface area contributed by atoms with Crippen molar-refractivity contribution >= 4 is 29.3 Å². The summed E-state index contributed by atoms with van der Waals surface area (Å²) in [6.07, 6.45) is 0.995. The summed E-state index contributed by atoms with van der Waals surface area (Å²) in [6, 6.07) is 2.46.